The molecule has 0 bridgehead atoms. The van der Waals surface area contributed by atoms with E-state index in [4.69, 9.17) is 22.7 Å². The number of benzene rings is 3. The predicted octanol–water partition coefficient (Wildman–Crippen LogP) is 5.00. The molecule has 0 amide bonds. The number of ether oxygens (including phenoxy) is 1. The van der Waals surface area contributed by atoms with Crippen LogP contribution in [-0.4, -0.2) is 30.7 Å². The first-order valence-electron chi connectivity index (χ1n) is 10.2. The lowest BCUT2D eigenvalue weighted by molar-refractivity contribution is 0.446. The van der Waals surface area contributed by atoms with Gasteiger partial charge in [-0.2, -0.15) is 0 Å². The van der Waals surface area contributed by atoms with E-state index in [1.807, 2.05) is 0 Å². The number of fused-ring (bicyclic) bond motifs is 1. The van der Waals surface area contributed by atoms with Gasteiger partial charge < -0.3 is 15.0 Å². The summed E-state index contributed by atoms with van der Waals surface area (Å²) in [4.78, 5) is 0.247. The molecule has 0 saturated heterocycles. The molecule has 2 N–H and O–H groups in total. The lowest BCUT2D eigenvalue weighted by Gasteiger charge is -2.18. The first-order chi connectivity index (χ1) is 15.9. The van der Waals surface area contributed by atoms with Crippen LogP contribution in [0.25, 0.3) is 10.9 Å². The van der Waals surface area contributed by atoms with Gasteiger partial charge in [-0.25, -0.2) is 16.8 Å². The van der Waals surface area contributed by atoms with E-state index in [2.05, 4.69) is 0 Å². The number of rotatable bonds is 6. The van der Waals surface area contributed by atoms with Gasteiger partial charge in [0.2, 0.25) is 0 Å². The molecule has 3 aromatic carbocycles. The summed E-state index contributed by atoms with van der Waals surface area (Å²) in [7, 11) is -7.17. The van der Waals surface area contributed by atoms with Crippen LogP contribution in [0.5, 0.6) is 11.5 Å². The van der Waals surface area contributed by atoms with E-state index in [-0.39, 0.29) is 32.2 Å². The maximum absolute atomic E-state index is 15.5. The fourth-order valence-electron chi connectivity index (χ4n) is 3.81. The smallest absolute Gasteiger partial charge is 0.268 e. The molecule has 0 unspecified atom stereocenters. The maximum atomic E-state index is 15.5. The second-order valence-corrected chi connectivity index (χ2v) is 13.6. The van der Waals surface area contributed by atoms with Crippen LogP contribution in [0, 0.1) is 12.7 Å². The van der Waals surface area contributed by atoms with Crippen LogP contribution < -0.4 is 15.8 Å². The minimum absolute atomic E-state index is 0.0731. The van der Waals surface area contributed by atoms with Crippen molar-refractivity contribution in [3.8, 4) is 11.5 Å². The second kappa shape index (κ2) is 8.65. The van der Waals surface area contributed by atoms with Crippen LogP contribution in [0.15, 0.2) is 71.8 Å². The molecule has 6 nitrogen and oxygen atoms in total. The molecule has 1 aromatic heterocycles. The summed E-state index contributed by atoms with van der Waals surface area (Å²) < 4.78 is 62.4. The predicted molar refractivity (Wildman–Crippen MR) is 137 cm³/mol. The Morgan fingerprint density at radius 2 is 1.79 bits per heavy atom. The van der Waals surface area contributed by atoms with Crippen molar-refractivity contribution in [2.75, 3.05) is 13.3 Å². The summed E-state index contributed by atoms with van der Waals surface area (Å²) in [5, 5.41) is 0.439. The van der Waals surface area contributed by atoms with Crippen LogP contribution in [-0.2, 0) is 14.6 Å². The summed E-state index contributed by atoms with van der Waals surface area (Å²) in [6.07, 6.45) is 1.34. The molecule has 0 spiro atoms. The topological polar surface area (TPSA) is 91.4 Å². The zero-order valence-corrected chi connectivity index (χ0v) is 21.2. The van der Waals surface area contributed by atoms with E-state index >= 15 is 4.39 Å². The summed E-state index contributed by atoms with van der Waals surface area (Å²) in [6, 6.07) is 15.6. The van der Waals surface area contributed by atoms with Gasteiger partial charge in [-0.1, -0.05) is 42.5 Å². The van der Waals surface area contributed by atoms with Crippen LogP contribution >= 0.6 is 19.4 Å². The fraction of sp³-hybridized carbons (Fsp3) is 0.125. The molecule has 0 aliphatic carbocycles. The Kier molecular flexibility index (Phi) is 6.14. The van der Waals surface area contributed by atoms with Crippen molar-refractivity contribution in [2.45, 2.75) is 11.8 Å². The summed E-state index contributed by atoms with van der Waals surface area (Å²) >= 11 is 4.99. The van der Waals surface area contributed by atoms with E-state index in [0.29, 0.717) is 16.5 Å². The highest BCUT2D eigenvalue weighted by atomic mass is 32.2. The quantitative estimate of drug-likeness (QED) is 0.287. The number of aryl methyl sites for hydroxylation is 1. The van der Waals surface area contributed by atoms with Crippen LogP contribution in [0.2, 0.25) is 0 Å². The molecule has 0 aliphatic heterocycles. The third-order valence-corrected chi connectivity index (χ3v) is 8.95. The van der Waals surface area contributed by atoms with Gasteiger partial charge >= 0.3 is 0 Å². The third-order valence-electron chi connectivity index (χ3n) is 5.35. The molecule has 10 heteroatoms. The van der Waals surface area contributed by atoms with Crippen molar-refractivity contribution >= 4 is 50.6 Å². The standard InChI is InChI=1S/C24H22FN2O4PS2/c1-15-7-4-5-10-21(15)34(29,30)27-12-11-18-20(27)14-19(25)22(23(18)32(2,3)28)31-17-9-6-8-16(13-17)24(26)33/h4-14H,1-3H3,(H2,26,33). The molecule has 176 valence electrons. The van der Waals surface area contributed by atoms with Gasteiger partial charge in [-0.15, -0.1) is 0 Å². The first kappa shape index (κ1) is 24.1. The van der Waals surface area contributed by atoms with Gasteiger partial charge in [0.05, 0.1) is 15.7 Å². The minimum atomic E-state index is -4.03. The van der Waals surface area contributed by atoms with Crippen LogP contribution in [0.1, 0.15) is 11.1 Å². The van der Waals surface area contributed by atoms with E-state index < -0.39 is 23.0 Å². The average molecular weight is 517 g/mol. The largest absolute Gasteiger partial charge is 0.453 e. The molecular weight excluding hydrogens is 494 g/mol. The number of halogens is 1. The highest BCUT2D eigenvalue weighted by Gasteiger charge is 2.29. The minimum Gasteiger partial charge on any atom is -0.453 e. The number of nitrogens with two attached hydrogens (primary N) is 1. The van der Waals surface area contributed by atoms with Gasteiger partial charge in [-0.05, 0) is 50.1 Å². The van der Waals surface area contributed by atoms with Crippen molar-refractivity contribution in [1.29, 1.82) is 0 Å². The Bertz CT molecular complexity index is 1610. The van der Waals surface area contributed by atoms with Crippen molar-refractivity contribution in [2.24, 2.45) is 5.73 Å². The highest BCUT2D eigenvalue weighted by molar-refractivity contribution is 7.90. The second-order valence-electron chi connectivity index (χ2n) is 8.20. The first-order valence-corrected chi connectivity index (χ1v) is 14.6. The molecule has 0 aliphatic rings. The lowest BCUT2D eigenvalue weighted by Crippen LogP contribution is -2.15. The summed E-state index contributed by atoms with van der Waals surface area (Å²) in [5.41, 5.74) is 6.84. The monoisotopic (exact) mass is 516 g/mol. The molecule has 0 saturated carbocycles. The fourth-order valence-corrected chi connectivity index (χ4v) is 6.92. The van der Waals surface area contributed by atoms with Gasteiger partial charge in [0, 0.05) is 23.2 Å². The van der Waals surface area contributed by atoms with E-state index in [0.717, 1.165) is 10.0 Å². The number of hydrogen-bond acceptors (Lipinski definition) is 5. The zero-order chi connectivity index (χ0) is 24.8. The van der Waals surface area contributed by atoms with Gasteiger partial charge in [0.15, 0.2) is 11.6 Å². The lowest BCUT2D eigenvalue weighted by atomic mass is 10.2. The molecular formula is C24H22FN2O4PS2. The zero-order valence-electron chi connectivity index (χ0n) is 18.7. The molecule has 1 heterocycles. The molecule has 0 radical (unpaired) electrons. The Hall–Kier alpha value is -3.00. The number of thiocarbonyl (C=S) groups is 1. The Morgan fingerprint density at radius 3 is 2.44 bits per heavy atom. The molecule has 34 heavy (non-hydrogen) atoms. The van der Waals surface area contributed by atoms with Crippen molar-refractivity contribution in [3.05, 3.63) is 83.8 Å². The van der Waals surface area contributed by atoms with E-state index in [1.165, 1.54) is 31.7 Å². The maximum Gasteiger partial charge on any atom is 0.268 e. The van der Waals surface area contributed by atoms with Crippen molar-refractivity contribution in [3.63, 3.8) is 0 Å². The van der Waals surface area contributed by atoms with Crippen molar-refractivity contribution < 1.29 is 22.1 Å². The summed E-state index contributed by atoms with van der Waals surface area (Å²) in [5.74, 6) is -0.815. The van der Waals surface area contributed by atoms with E-state index in [1.54, 1.807) is 49.4 Å². The Morgan fingerprint density at radius 1 is 1.09 bits per heavy atom. The van der Waals surface area contributed by atoms with Gasteiger partial charge in [0.1, 0.15) is 17.9 Å². The highest BCUT2D eigenvalue weighted by Crippen LogP contribution is 2.44. The van der Waals surface area contributed by atoms with Crippen LogP contribution in [0.4, 0.5) is 4.39 Å². The SMILES string of the molecule is Cc1ccccc1S(=O)(=O)n1ccc2c(P(C)(C)=O)c(Oc3cccc(C(N)=S)c3)c(F)cc21. The Balaban J connectivity index is 1.95. The van der Waals surface area contributed by atoms with E-state index in [9.17, 15) is 13.0 Å². The molecule has 0 fully saturated rings. The normalized spacial score (nSPS) is 12.1. The Labute approximate surface area is 202 Å². The molecule has 4 rings (SSSR count). The number of hydrogen-bond donors (Lipinski definition) is 1. The third kappa shape index (κ3) is 4.27. The van der Waals surface area contributed by atoms with Gasteiger partial charge in [-0.3, -0.25) is 0 Å². The molecule has 0 atom stereocenters. The van der Waals surface area contributed by atoms with Gasteiger partial charge in [0.25, 0.3) is 10.0 Å². The average Bonchev–Trinajstić information content (AvgIpc) is 3.17. The summed E-state index contributed by atoms with van der Waals surface area (Å²) in [6.45, 7) is 4.64. The van der Waals surface area contributed by atoms with Crippen molar-refractivity contribution in [1.82, 2.24) is 3.97 Å². The number of nitrogens with zero attached hydrogens (tertiary/aromatic N) is 1. The number of aromatic nitrogens is 1. The van der Waals surface area contributed by atoms with Crippen LogP contribution in [0.3, 0.4) is 0 Å². The molecule has 4 aromatic rings.